The summed E-state index contributed by atoms with van der Waals surface area (Å²) in [6.45, 7) is 5.28. The minimum absolute atomic E-state index is 0.0909. The molecule has 1 amide bonds. The van der Waals surface area contributed by atoms with Crippen LogP contribution in [-0.2, 0) is 21.2 Å². The second kappa shape index (κ2) is 8.13. The van der Waals surface area contributed by atoms with Crippen LogP contribution in [0.25, 0.3) is 0 Å². The first kappa shape index (κ1) is 19.9. The van der Waals surface area contributed by atoms with E-state index in [-0.39, 0.29) is 5.91 Å². The second-order valence-corrected chi connectivity index (χ2v) is 10.1. The van der Waals surface area contributed by atoms with Gasteiger partial charge in [0.2, 0.25) is 15.9 Å². The number of rotatable bonds is 4. The molecule has 28 heavy (non-hydrogen) atoms. The van der Waals surface area contributed by atoms with Crippen LogP contribution in [0, 0.1) is 0 Å². The Morgan fingerprint density at radius 3 is 2.43 bits per heavy atom. The SMILES string of the molecule is CCC(=O)N1CCc2cc(S(=O)(=O)N3CCN(C4CCCCC4)CC3)ccc21. The van der Waals surface area contributed by atoms with Crippen LogP contribution < -0.4 is 4.90 Å². The highest BCUT2D eigenvalue weighted by Gasteiger charge is 2.33. The zero-order valence-corrected chi connectivity index (χ0v) is 17.6. The number of sulfonamides is 1. The lowest BCUT2D eigenvalue weighted by Crippen LogP contribution is -2.52. The molecule has 2 aliphatic heterocycles. The number of nitrogens with zero attached hydrogens (tertiary/aromatic N) is 3. The fourth-order valence-corrected chi connectivity index (χ4v) is 6.37. The summed E-state index contributed by atoms with van der Waals surface area (Å²) >= 11 is 0. The van der Waals surface area contributed by atoms with E-state index in [1.54, 1.807) is 27.4 Å². The van der Waals surface area contributed by atoms with Gasteiger partial charge in [-0.2, -0.15) is 4.31 Å². The average Bonchev–Trinajstić information content (AvgIpc) is 3.17. The Morgan fingerprint density at radius 1 is 1.04 bits per heavy atom. The summed E-state index contributed by atoms with van der Waals surface area (Å²) < 4.78 is 28.0. The summed E-state index contributed by atoms with van der Waals surface area (Å²) in [5.74, 6) is 0.0909. The summed E-state index contributed by atoms with van der Waals surface area (Å²) in [6.07, 6.45) is 7.63. The number of carbonyl (C=O) groups excluding carboxylic acids is 1. The van der Waals surface area contributed by atoms with E-state index in [0.29, 0.717) is 37.0 Å². The lowest BCUT2D eigenvalue weighted by atomic mass is 9.94. The molecule has 0 N–H and O–H groups in total. The topological polar surface area (TPSA) is 60.9 Å². The molecule has 1 saturated carbocycles. The third-order valence-electron chi connectivity index (χ3n) is 6.55. The van der Waals surface area contributed by atoms with Crippen LogP contribution in [0.15, 0.2) is 23.1 Å². The van der Waals surface area contributed by atoms with Crippen molar-refractivity contribution in [3.05, 3.63) is 23.8 Å². The fraction of sp³-hybridized carbons (Fsp3) is 0.667. The molecule has 0 atom stereocenters. The molecule has 0 aromatic heterocycles. The van der Waals surface area contributed by atoms with Gasteiger partial charge < -0.3 is 4.90 Å². The van der Waals surface area contributed by atoms with Crippen molar-refractivity contribution in [1.82, 2.24) is 9.21 Å². The molecule has 7 heteroatoms. The van der Waals surface area contributed by atoms with Crippen LogP contribution in [0.4, 0.5) is 5.69 Å². The molecule has 1 aliphatic carbocycles. The average molecular weight is 406 g/mol. The molecule has 1 aromatic carbocycles. The molecule has 2 heterocycles. The molecular formula is C21H31N3O3S. The molecule has 4 rings (SSSR count). The Labute approximate surface area is 168 Å². The van der Waals surface area contributed by atoms with Crippen molar-refractivity contribution >= 4 is 21.6 Å². The number of benzene rings is 1. The molecular weight excluding hydrogens is 374 g/mol. The summed E-state index contributed by atoms with van der Waals surface area (Å²) in [5.41, 5.74) is 1.83. The second-order valence-electron chi connectivity index (χ2n) is 8.17. The molecule has 1 aromatic rings. The Hall–Kier alpha value is -1.44. The highest BCUT2D eigenvalue weighted by Crippen LogP contribution is 2.32. The first-order chi connectivity index (χ1) is 13.5. The van der Waals surface area contributed by atoms with Gasteiger partial charge in [-0.1, -0.05) is 26.2 Å². The lowest BCUT2D eigenvalue weighted by molar-refractivity contribution is -0.118. The van der Waals surface area contributed by atoms with Gasteiger partial charge in [-0.3, -0.25) is 9.69 Å². The van der Waals surface area contributed by atoms with E-state index in [9.17, 15) is 13.2 Å². The van der Waals surface area contributed by atoms with Crippen LogP contribution in [-0.4, -0.2) is 62.3 Å². The standard InChI is InChI=1S/C21H31N3O3S/c1-2-21(25)24-11-10-17-16-19(8-9-20(17)24)28(26,27)23-14-12-22(13-15-23)18-6-4-3-5-7-18/h8-9,16,18H,2-7,10-15H2,1H3. The Kier molecular flexibility index (Phi) is 5.76. The molecule has 2 fully saturated rings. The first-order valence-corrected chi connectivity index (χ1v) is 12.1. The maximum Gasteiger partial charge on any atom is 0.243 e. The highest BCUT2D eigenvalue weighted by atomic mass is 32.2. The van der Waals surface area contributed by atoms with Crippen LogP contribution in [0.5, 0.6) is 0 Å². The quantitative estimate of drug-likeness (QED) is 0.773. The molecule has 0 bridgehead atoms. The minimum Gasteiger partial charge on any atom is -0.312 e. The molecule has 0 unspecified atom stereocenters. The predicted molar refractivity (Wildman–Crippen MR) is 110 cm³/mol. The van der Waals surface area contributed by atoms with Crippen molar-refractivity contribution in [2.24, 2.45) is 0 Å². The van der Waals surface area contributed by atoms with Gasteiger partial charge in [0.1, 0.15) is 0 Å². The van der Waals surface area contributed by atoms with E-state index < -0.39 is 10.0 Å². The van der Waals surface area contributed by atoms with Gasteiger partial charge in [-0.25, -0.2) is 8.42 Å². The van der Waals surface area contributed by atoms with Crippen molar-refractivity contribution in [2.75, 3.05) is 37.6 Å². The summed E-state index contributed by atoms with van der Waals surface area (Å²) in [7, 11) is -3.48. The zero-order valence-electron chi connectivity index (χ0n) is 16.8. The van der Waals surface area contributed by atoms with E-state index >= 15 is 0 Å². The maximum absolute atomic E-state index is 13.2. The van der Waals surface area contributed by atoms with Gasteiger partial charge in [-0.05, 0) is 43.0 Å². The van der Waals surface area contributed by atoms with Gasteiger partial charge in [0.05, 0.1) is 4.90 Å². The highest BCUT2D eigenvalue weighted by molar-refractivity contribution is 7.89. The van der Waals surface area contributed by atoms with E-state index in [0.717, 1.165) is 30.8 Å². The van der Waals surface area contributed by atoms with Crippen LogP contribution in [0.2, 0.25) is 0 Å². The van der Waals surface area contributed by atoms with Gasteiger partial charge in [-0.15, -0.1) is 0 Å². The van der Waals surface area contributed by atoms with Crippen molar-refractivity contribution in [3.63, 3.8) is 0 Å². The fourth-order valence-electron chi connectivity index (χ4n) is 4.89. The molecule has 0 spiro atoms. The number of piperazine rings is 1. The monoisotopic (exact) mass is 405 g/mol. The van der Waals surface area contributed by atoms with Gasteiger partial charge in [0.25, 0.3) is 0 Å². The molecule has 1 saturated heterocycles. The van der Waals surface area contributed by atoms with Crippen LogP contribution >= 0.6 is 0 Å². The molecule has 3 aliphatic rings. The number of hydrogen-bond acceptors (Lipinski definition) is 4. The number of carbonyl (C=O) groups is 1. The summed E-state index contributed by atoms with van der Waals surface area (Å²) in [6, 6.07) is 5.89. The van der Waals surface area contributed by atoms with Crippen LogP contribution in [0.1, 0.15) is 51.0 Å². The number of fused-ring (bicyclic) bond motifs is 1. The molecule has 0 radical (unpaired) electrons. The van der Waals surface area contributed by atoms with Gasteiger partial charge in [0, 0.05) is 50.9 Å². The van der Waals surface area contributed by atoms with Crippen molar-refractivity contribution in [1.29, 1.82) is 0 Å². The largest absolute Gasteiger partial charge is 0.312 e. The predicted octanol–water partition coefficient (Wildman–Crippen LogP) is 2.62. The van der Waals surface area contributed by atoms with E-state index in [1.165, 1.54) is 32.1 Å². The Bertz CT molecular complexity index is 825. The van der Waals surface area contributed by atoms with Crippen LogP contribution in [0.3, 0.4) is 0 Å². The van der Waals surface area contributed by atoms with E-state index in [2.05, 4.69) is 4.90 Å². The normalized spacial score (nSPS) is 22.4. The zero-order chi connectivity index (χ0) is 19.7. The van der Waals surface area contributed by atoms with Gasteiger partial charge >= 0.3 is 0 Å². The summed E-state index contributed by atoms with van der Waals surface area (Å²) in [5, 5.41) is 0. The van der Waals surface area contributed by atoms with E-state index in [4.69, 9.17) is 0 Å². The minimum atomic E-state index is -3.48. The Morgan fingerprint density at radius 2 is 1.75 bits per heavy atom. The maximum atomic E-state index is 13.2. The van der Waals surface area contributed by atoms with Crippen molar-refractivity contribution < 1.29 is 13.2 Å². The Balaban J connectivity index is 1.45. The number of anilines is 1. The number of amides is 1. The lowest BCUT2D eigenvalue weighted by Gasteiger charge is -2.40. The van der Waals surface area contributed by atoms with Crippen molar-refractivity contribution in [3.8, 4) is 0 Å². The number of hydrogen-bond donors (Lipinski definition) is 0. The summed E-state index contributed by atoms with van der Waals surface area (Å²) in [4.78, 5) is 16.7. The smallest absolute Gasteiger partial charge is 0.243 e. The van der Waals surface area contributed by atoms with E-state index in [1.807, 2.05) is 6.92 Å². The van der Waals surface area contributed by atoms with Gasteiger partial charge in [0.15, 0.2) is 0 Å². The third kappa shape index (κ3) is 3.72. The van der Waals surface area contributed by atoms with Crippen molar-refractivity contribution in [2.45, 2.75) is 62.8 Å². The molecule has 6 nitrogen and oxygen atoms in total. The third-order valence-corrected chi connectivity index (χ3v) is 8.45. The molecule has 154 valence electrons. The first-order valence-electron chi connectivity index (χ1n) is 10.7.